The molecule has 11 nitrogen and oxygen atoms in total. The largest absolute Gasteiger partial charge is 0.508 e. The summed E-state index contributed by atoms with van der Waals surface area (Å²) >= 11 is 0. The molecule has 0 aliphatic heterocycles. The normalized spacial score (nSPS) is 16.9. The molecule has 1 aliphatic rings. The van der Waals surface area contributed by atoms with Crippen molar-refractivity contribution in [2.45, 2.75) is 77.7 Å². The second-order valence-corrected chi connectivity index (χ2v) is 11.2. The van der Waals surface area contributed by atoms with E-state index in [0.717, 1.165) is 6.42 Å². The third kappa shape index (κ3) is 10.6. The molecule has 3 N–H and O–H groups in total. The van der Waals surface area contributed by atoms with E-state index in [9.17, 15) is 33.0 Å². The second kappa shape index (κ2) is 13.8. The Kier molecular flexibility index (Phi) is 12.3. The number of carboxylic acids is 1. The van der Waals surface area contributed by atoms with Gasteiger partial charge in [0.1, 0.15) is 6.61 Å². The van der Waals surface area contributed by atoms with Crippen molar-refractivity contribution in [3.63, 3.8) is 0 Å². The van der Waals surface area contributed by atoms with Gasteiger partial charge in [-0.25, -0.2) is 9.59 Å². The van der Waals surface area contributed by atoms with Crippen LogP contribution in [-0.2, 0) is 33.4 Å². The maximum absolute atomic E-state index is 12.1. The zero-order chi connectivity index (χ0) is 25.8. The van der Waals surface area contributed by atoms with Crippen molar-refractivity contribution in [1.82, 2.24) is 5.32 Å². The summed E-state index contributed by atoms with van der Waals surface area (Å²) in [4.78, 5) is 34.5. The lowest BCUT2D eigenvalue weighted by Crippen LogP contribution is -2.57. The SMILES string of the molecule is CC(=O)NCCCS(=O)(=O)OCC(C)(C)[C@@](O)(COC(=O)OCCCC1CCCCC1)C(=O)O. The standard InChI is InChI=1S/C22H39NO10S/c1-17(24)23-12-8-14-34(29,30)33-15-21(2,3)22(28,19(25)26)16-32-20(27)31-13-7-11-18-9-5-4-6-10-18/h18,28H,4-16H2,1-3H3,(H,23,24)(H,25,26)/t22-/m1/s1. The molecule has 0 aromatic rings. The number of ether oxygens (including phenoxy) is 2. The molecule has 0 bridgehead atoms. The number of hydrogen-bond acceptors (Lipinski definition) is 9. The minimum Gasteiger partial charge on any atom is -0.479 e. The molecule has 1 fully saturated rings. The predicted molar refractivity (Wildman–Crippen MR) is 123 cm³/mol. The molecule has 0 unspecified atom stereocenters. The van der Waals surface area contributed by atoms with Gasteiger partial charge < -0.3 is 25.0 Å². The van der Waals surface area contributed by atoms with Crippen molar-refractivity contribution in [2.75, 3.05) is 32.1 Å². The maximum Gasteiger partial charge on any atom is 0.508 e. The molecule has 0 heterocycles. The molecule has 0 aromatic carbocycles. The van der Waals surface area contributed by atoms with E-state index >= 15 is 0 Å². The Hall–Kier alpha value is -1.92. The Bertz CT molecular complexity index is 777. The summed E-state index contributed by atoms with van der Waals surface area (Å²) in [6, 6.07) is 0. The molecule has 1 saturated carbocycles. The number of amides is 1. The number of hydrogen-bond donors (Lipinski definition) is 3. The fourth-order valence-corrected chi connectivity index (χ4v) is 4.77. The Morgan fingerprint density at radius 3 is 2.26 bits per heavy atom. The molecule has 1 atom stereocenters. The minimum atomic E-state index is -4.04. The van der Waals surface area contributed by atoms with Crippen molar-refractivity contribution in [2.24, 2.45) is 11.3 Å². The fraction of sp³-hybridized carbons (Fsp3) is 0.864. The highest BCUT2D eigenvalue weighted by molar-refractivity contribution is 7.86. The zero-order valence-corrected chi connectivity index (χ0v) is 21.2. The highest BCUT2D eigenvalue weighted by Crippen LogP contribution is 2.33. The Morgan fingerprint density at radius 2 is 1.68 bits per heavy atom. The van der Waals surface area contributed by atoms with E-state index in [4.69, 9.17) is 13.7 Å². The molecule has 198 valence electrons. The van der Waals surface area contributed by atoms with Gasteiger partial charge in [0.05, 0.1) is 19.0 Å². The van der Waals surface area contributed by atoms with Gasteiger partial charge in [0.2, 0.25) is 11.5 Å². The quantitative estimate of drug-likeness (QED) is 0.169. The minimum absolute atomic E-state index is 0.0985. The van der Waals surface area contributed by atoms with Crippen molar-refractivity contribution in [1.29, 1.82) is 0 Å². The first-order valence-electron chi connectivity index (χ1n) is 11.7. The summed E-state index contributed by atoms with van der Waals surface area (Å²) in [5, 5.41) is 22.7. The number of carbonyl (C=O) groups excluding carboxylic acids is 2. The van der Waals surface area contributed by atoms with Gasteiger partial charge >= 0.3 is 12.1 Å². The van der Waals surface area contributed by atoms with Gasteiger partial charge in [-0.2, -0.15) is 8.42 Å². The number of carboxylic acid groups (broad SMARTS) is 1. The lowest BCUT2D eigenvalue weighted by molar-refractivity contribution is -0.184. The molecule has 0 radical (unpaired) electrons. The van der Waals surface area contributed by atoms with Gasteiger partial charge in [-0.15, -0.1) is 0 Å². The molecular weight excluding hydrogens is 470 g/mol. The summed E-state index contributed by atoms with van der Waals surface area (Å²) < 4.78 is 38.9. The van der Waals surface area contributed by atoms with Crippen LogP contribution in [-0.4, -0.2) is 74.4 Å². The predicted octanol–water partition coefficient (Wildman–Crippen LogP) is 2.21. The van der Waals surface area contributed by atoms with Crippen LogP contribution in [0.3, 0.4) is 0 Å². The van der Waals surface area contributed by atoms with E-state index < -0.39 is 52.2 Å². The maximum atomic E-state index is 12.1. The highest BCUT2D eigenvalue weighted by Gasteiger charge is 2.52. The third-order valence-corrected chi connectivity index (χ3v) is 7.38. The van der Waals surface area contributed by atoms with Crippen LogP contribution in [0.25, 0.3) is 0 Å². The Morgan fingerprint density at radius 1 is 1.03 bits per heavy atom. The monoisotopic (exact) mass is 509 g/mol. The second-order valence-electron chi connectivity index (χ2n) is 9.44. The summed E-state index contributed by atoms with van der Waals surface area (Å²) in [6.45, 7) is 2.52. The average Bonchev–Trinajstić information content (AvgIpc) is 2.77. The van der Waals surface area contributed by atoms with Crippen LogP contribution >= 0.6 is 0 Å². The summed E-state index contributed by atoms with van der Waals surface area (Å²) in [6.07, 6.45) is 6.66. The molecule has 1 rings (SSSR count). The average molecular weight is 510 g/mol. The van der Waals surface area contributed by atoms with Gasteiger partial charge in [-0.3, -0.25) is 8.98 Å². The van der Waals surface area contributed by atoms with Crippen LogP contribution in [0.1, 0.15) is 72.1 Å². The topological polar surface area (TPSA) is 166 Å². The molecule has 0 spiro atoms. The first-order chi connectivity index (χ1) is 15.8. The van der Waals surface area contributed by atoms with Crippen molar-refractivity contribution >= 4 is 28.1 Å². The third-order valence-electron chi connectivity index (χ3n) is 6.12. The summed E-state index contributed by atoms with van der Waals surface area (Å²) in [7, 11) is -4.04. The molecule has 12 heteroatoms. The van der Waals surface area contributed by atoms with Gasteiger partial charge in [0.25, 0.3) is 10.1 Å². The number of nitrogens with one attached hydrogen (secondary N) is 1. The number of aliphatic carboxylic acids is 1. The number of carbonyl (C=O) groups is 3. The van der Waals surface area contributed by atoms with Gasteiger partial charge in [0.15, 0.2) is 0 Å². The van der Waals surface area contributed by atoms with Crippen LogP contribution < -0.4 is 5.32 Å². The van der Waals surface area contributed by atoms with Gasteiger partial charge in [-0.05, 0) is 25.2 Å². The number of aliphatic hydroxyl groups is 1. The number of rotatable bonds is 15. The lowest BCUT2D eigenvalue weighted by Gasteiger charge is -2.37. The first-order valence-corrected chi connectivity index (χ1v) is 13.2. The lowest BCUT2D eigenvalue weighted by atomic mass is 9.76. The van der Waals surface area contributed by atoms with E-state index in [0.29, 0.717) is 12.3 Å². The Balaban J connectivity index is 2.50. The van der Waals surface area contributed by atoms with Crippen molar-refractivity contribution < 1.29 is 46.7 Å². The van der Waals surface area contributed by atoms with E-state index in [1.807, 2.05) is 0 Å². The van der Waals surface area contributed by atoms with Crippen LogP contribution in [0.5, 0.6) is 0 Å². The Labute approximate surface area is 201 Å². The first kappa shape index (κ1) is 30.1. The van der Waals surface area contributed by atoms with E-state index in [-0.39, 0.29) is 25.5 Å². The van der Waals surface area contributed by atoms with E-state index in [1.165, 1.54) is 52.9 Å². The van der Waals surface area contributed by atoms with E-state index in [1.54, 1.807) is 0 Å². The smallest absolute Gasteiger partial charge is 0.479 e. The van der Waals surface area contributed by atoms with Crippen LogP contribution in [0.15, 0.2) is 0 Å². The molecule has 0 aromatic heterocycles. The fourth-order valence-electron chi connectivity index (χ4n) is 3.68. The van der Waals surface area contributed by atoms with Gasteiger partial charge in [0, 0.05) is 18.9 Å². The van der Waals surface area contributed by atoms with Crippen molar-refractivity contribution in [3.8, 4) is 0 Å². The van der Waals surface area contributed by atoms with Gasteiger partial charge in [-0.1, -0.05) is 46.0 Å². The van der Waals surface area contributed by atoms with Crippen LogP contribution in [0.4, 0.5) is 4.79 Å². The highest BCUT2D eigenvalue weighted by atomic mass is 32.2. The molecule has 34 heavy (non-hydrogen) atoms. The molecule has 1 amide bonds. The molecule has 1 aliphatic carbocycles. The molecule has 0 saturated heterocycles. The molecular formula is C22H39NO10S. The van der Waals surface area contributed by atoms with Crippen LogP contribution in [0, 0.1) is 11.3 Å². The van der Waals surface area contributed by atoms with Crippen molar-refractivity contribution in [3.05, 3.63) is 0 Å². The van der Waals surface area contributed by atoms with E-state index in [2.05, 4.69) is 5.32 Å². The van der Waals surface area contributed by atoms with Crippen LogP contribution in [0.2, 0.25) is 0 Å². The zero-order valence-electron chi connectivity index (χ0n) is 20.3. The summed E-state index contributed by atoms with van der Waals surface area (Å²) in [5.41, 5.74) is -4.27. The summed E-state index contributed by atoms with van der Waals surface area (Å²) in [5.74, 6) is -1.77.